The largest absolute Gasteiger partial charge is 0.349 e. The first-order valence-corrected chi connectivity index (χ1v) is 4.87. The Morgan fingerprint density at radius 2 is 2.27 bits per heavy atom. The second kappa shape index (κ2) is 4.02. The van der Waals surface area contributed by atoms with Gasteiger partial charge in [0, 0.05) is 19.1 Å². The van der Waals surface area contributed by atoms with Crippen molar-refractivity contribution in [1.82, 2.24) is 15.1 Å². The molecule has 0 unspecified atom stereocenters. The molecule has 1 heterocycles. The standard InChI is InChI=1S/C10H18N4O/c1-7-5-8(14(4)13-7)9(15)12-6-10(2,3)11/h5H,6,11H2,1-4H3,(H,12,15). The molecule has 1 aromatic rings. The Morgan fingerprint density at radius 1 is 1.67 bits per heavy atom. The fourth-order valence-electron chi connectivity index (χ4n) is 1.22. The molecule has 0 saturated heterocycles. The van der Waals surface area contributed by atoms with Gasteiger partial charge < -0.3 is 11.1 Å². The molecule has 5 heteroatoms. The maximum atomic E-state index is 11.7. The van der Waals surface area contributed by atoms with Gasteiger partial charge in [0.2, 0.25) is 0 Å². The fraction of sp³-hybridized carbons (Fsp3) is 0.600. The summed E-state index contributed by atoms with van der Waals surface area (Å²) in [7, 11) is 1.75. The first-order chi connectivity index (χ1) is 6.79. The molecule has 0 radical (unpaired) electrons. The molecule has 15 heavy (non-hydrogen) atoms. The van der Waals surface area contributed by atoms with Crippen molar-refractivity contribution in [1.29, 1.82) is 0 Å². The average Bonchev–Trinajstić information content (AvgIpc) is 2.40. The van der Waals surface area contributed by atoms with Crippen LogP contribution >= 0.6 is 0 Å². The van der Waals surface area contributed by atoms with Crippen LogP contribution in [0.5, 0.6) is 0 Å². The Labute approximate surface area is 89.6 Å². The zero-order valence-corrected chi connectivity index (χ0v) is 9.66. The van der Waals surface area contributed by atoms with Crippen LogP contribution in [0.15, 0.2) is 6.07 Å². The molecule has 0 atom stereocenters. The van der Waals surface area contributed by atoms with Crippen molar-refractivity contribution < 1.29 is 4.79 Å². The number of aromatic nitrogens is 2. The number of nitrogens with zero attached hydrogens (tertiary/aromatic N) is 2. The van der Waals surface area contributed by atoms with Crippen LogP contribution in [0.4, 0.5) is 0 Å². The van der Waals surface area contributed by atoms with Crippen LogP contribution in [0.1, 0.15) is 30.0 Å². The highest BCUT2D eigenvalue weighted by molar-refractivity contribution is 5.92. The van der Waals surface area contributed by atoms with E-state index in [0.29, 0.717) is 12.2 Å². The number of nitrogens with two attached hydrogens (primary N) is 1. The quantitative estimate of drug-likeness (QED) is 0.748. The minimum atomic E-state index is -0.400. The number of rotatable bonds is 3. The second-order valence-corrected chi connectivity index (χ2v) is 4.47. The van der Waals surface area contributed by atoms with Crippen molar-refractivity contribution >= 4 is 5.91 Å². The van der Waals surface area contributed by atoms with Gasteiger partial charge in [-0.3, -0.25) is 9.48 Å². The van der Waals surface area contributed by atoms with E-state index in [9.17, 15) is 4.79 Å². The normalized spacial score (nSPS) is 11.5. The van der Waals surface area contributed by atoms with Crippen LogP contribution in [0.3, 0.4) is 0 Å². The molecular weight excluding hydrogens is 192 g/mol. The van der Waals surface area contributed by atoms with E-state index in [0.717, 1.165) is 5.69 Å². The van der Waals surface area contributed by atoms with Crippen molar-refractivity contribution in [2.45, 2.75) is 26.3 Å². The summed E-state index contributed by atoms with van der Waals surface area (Å²) in [4.78, 5) is 11.7. The predicted molar refractivity (Wildman–Crippen MR) is 58.5 cm³/mol. The maximum absolute atomic E-state index is 11.7. The van der Waals surface area contributed by atoms with E-state index in [-0.39, 0.29) is 5.91 Å². The minimum Gasteiger partial charge on any atom is -0.349 e. The number of amides is 1. The Morgan fingerprint density at radius 3 is 2.67 bits per heavy atom. The summed E-state index contributed by atoms with van der Waals surface area (Å²) in [6.07, 6.45) is 0. The van der Waals surface area contributed by atoms with Gasteiger partial charge in [-0.2, -0.15) is 5.10 Å². The molecule has 0 aliphatic rings. The number of hydrogen-bond acceptors (Lipinski definition) is 3. The summed E-state index contributed by atoms with van der Waals surface area (Å²) in [5.41, 5.74) is 6.75. The molecule has 0 aliphatic heterocycles. The van der Waals surface area contributed by atoms with Crippen molar-refractivity contribution in [3.63, 3.8) is 0 Å². The lowest BCUT2D eigenvalue weighted by Gasteiger charge is -2.18. The van der Waals surface area contributed by atoms with Gasteiger partial charge in [-0.25, -0.2) is 0 Å². The zero-order chi connectivity index (χ0) is 11.6. The zero-order valence-electron chi connectivity index (χ0n) is 9.66. The smallest absolute Gasteiger partial charge is 0.269 e. The lowest BCUT2D eigenvalue weighted by Crippen LogP contribution is -2.45. The highest BCUT2D eigenvalue weighted by atomic mass is 16.2. The van der Waals surface area contributed by atoms with E-state index in [2.05, 4.69) is 10.4 Å². The van der Waals surface area contributed by atoms with Crippen LogP contribution in [-0.4, -0.2) is 27.8 Å². The second-order valence-electron chi connectivity index (χ2n) is 4.47. The van der Waals surface area contributed by atoms with Crippen LogP contribution < -0.4 is 11.1 Å². The van der Waals surface area contributed by atoms with E-state index in [4.69, 9.17) is 5.73 Å². The molecule has 0 aromatic carbocycles. The van der Waals surface area contributed by atoms with E-state index in [1.807, 2.05) is 20.8 Å². The molecule has 0 bridgehead atoms. The molecule has 1 rings (SSSR count). The number of hydrogen-bond donors (Lipinski definition) is 2. The van der Waals surface area contributed by atoms with Gasteiger partial charge in [-0.1, -0.05) is 0 Å². The van der Waals surface area contributed by atoms with Gasteiger partial charge in [0.1, 0.15) is 5.69 Å². The minimum absolute atomic E-state index is 0.142. The highest BCUT2D eigenvalue weighted by Gasteiger charge is 2.15. The van der Waals surface area contributed by atoms with Crippen LogP contribution in [0, 0.1) is 6.92 Å². The van der Waals surface area contributed by atoms with Crippen LogP contribution in [-0.2, 0) is 7.05 Å². The number of carbonyl (C=O) groups is 1. The summed E-state index contributed by atoms with van der Waals surface area (Å²) in [6.45, 7) is 6.02. The molecular formula is C10H18N4O. The van der Waals surface area contributed by atoms with Gasteiger partial charge in [-0.05, 0) is 26.8 Å². The summed E-state index contributed by atoms with van der Waals surface area (Å²) in [5.74, 6) is -0.142. The van der Waals surface area contributed by atoms with Crippen molar-refractivity contribution in [2.24, 2.45) is 12.8 Å². The van der Waals surface area contributed by atoms with Gasteiger partial charge in [0.15, 0.2) is 0 Å². The maximum Gasteiger partial charge on any atom is 0.269 e. The SMILES string of the molecule is Cc1cc(C(=O)NCC(C)(C)N)n(C)n1. The molecule has 0 spiro atoms. The Bertz CT molecular complexity index is 362. The summed E-state index contributed by atoms with van der Waals surface area (Å²) in [6, 6.07) is 1.75. The lowest BCUT2D eigenvalue weighted by atomic mass is 10.1. The molecule has 3 N–H and O–H groups in total. The first kappa shape index (κ1) is 11.7. The van der Waals surface area contributed by atoms with Gasteiger partial charge in [-0.15, -0.1) is 0 Å². The molecule has 1 aromatic heterocycles. The first-order valence-electron chi connectivity index (χ1n) is 4.87. The van der Waals surface area contributed by atoms with Gasteiger partial charge >= 0.3 is 0 Å². The van der Waals surface area contributed by atoms with Gasteiger partial charge in [0.25, 0.3) is 5.91 Å². The molecule has 84 valence electrons. The molecule has 5 nitrogen and oxygen atoms in total. The number of nitrogens with one attached hydrogen (secondary N) is 1. The lowest BCUT2D eigenvalue weighted by molar-refractivity contribution is 0.0936. The predicted octanol–water partition coefficient (Wildman–Crippen LogP) is 0.196. The monoisotopic (exact) mass is 210 g/mol. The van der Waals surface area contributed by atoms with Gasteiger partial charge in [0.05, 0.1) is 5.69 Å². The molecule has 0 aliphatic carbocycles. The number of aryl methyl sites for hydroxylation is 2. The van der Waals surface area contributed by atoms with E-state index >= 15 is 0 Å². The Balaban J connectivity index is 2.66. The van der Waals surface area contributed by atoms with Crippen molar-refractivity contribution in [3.8, 4) is 0 Å². The average molecular weight is 210 g/mol. The Hall–Kier alpha value is -1.36. The molecule has 1 amide bonds. The summed E-state index contributed by atoms with van der Waals surface area (Å²) in [5, 5.41) is 6.87. The van der Waals surface area contributed by atoms with E-state index in [1.165, 1.54) is 0 Å². The third kappa shape index (κ3) is 3.36. The third-order valence-electron chi connectivity index (χ3n) is 1.94. The van der Waals surface area contributed by atoms with Crippen molar-refractivity contribution in [2.75, 3.05) is 6.54 Å². The number of carbonyl (C=O) groups excluding carboxylic acids is 1. The third-order valence-corrected chi connectivity index (χ3v) is 1.94. The van der Waals surface area contributed by atoms with E-state index in [1.54, 1.807) is 17.8 Å². The fourth-order valence-corrected chi connectivity index (χ4v) is 1.22. The summed E-state index contributed by atoms with van der Waals surface area (Å²) >= 11 is 0. The topological polar surface area (TPSA) is 72.9 Å². The van der Waals surface area contributed by atoms with Crippen molar-refractivity contribution in [3.05, 3.63) is 17.5 Å². The summed E-state index contributed by atoms with van der Waals surface area (Å²) < 4.78 is 1.56. The molecule has 0 fully saturated rings. The Kier molecular flexibility index (Phi) is 3.14. The van der Waals surface area contributed by atoms with Crippen LogP contribution in [0.25, 0.3) is 0 Å². The van der Waals surface area contributed by atoms with E-state index < -0.39 is 5.54 Å². The van der Waals surface area contributed by atoms with Crippen LogP contribution in [0.2, 0.25) is 0 Å². The highest BCUT2D eigenvalue weighted by Crippen LogP contribution is 2.02. The molecule has 0 saturated carbocycles.